The van der Waals surface area contributed by atoms with Crippen LogP contribution in [0, 0.1) is 6.92 Å². The standard InChI is InChI=1S/C17H21N5O3/c1-6-12-10(2)20-17-18-9-19-22(17)16(12)21-11-7-13(23-3)15(25-5)14(8-11)24-4/h7-9,21H,6H2,1-5H3. The van der Waals surface area contributed by atoms with Gasteiger partial charge in [-0.2, -0.15) is 14.6 Å². The third kappa shape index (κ3) is 2.90. The fourth-order valence-corrected chi connectivity index (χ4v) is 2.83. The lowest BCUT2D eigenvalue weighted by molar-refractivity contribution is 0.324. The lowest BCUT2D eigenvalue weighted by Crippen LogP contribution is -2.08. The SMILES string of the molecule is CCc1c(C)nc2ncnn2c1Nc1cc(OC)c(OC)c(OC)c1. The molecule has 2 aromatic heterocycles. The van der Waals surface area contributed by atoms with Gasteiger partial charge in [-0.05, 0) is 13.3 Å². The highest BCUT2D eigenvalue weighted by Crippen LogP contribution is 2.40. The number of methoxy groups -OCH3 is 3. The predicted octanol–water partition coefficient (Wildman–Crippen LogP) is 2.76. The number of rotatable bonds is 6. The van der Waals surface area contributed by atoms with Crippen molar-refractivity contribution in [2.24, 2.45) is 0 Å². The lowest BCUT2D eigenvalue weighted by atomic mass is 10.1. The Morgan fingerprint density at radius 3 is 2.32 bits per heavy atom. The Bertz CT molecular complexity index is 882. The van der Waals surface area contributed by atoms with E-state index in [1.54, 1.807) is 25.8 Å². The van der Waals surface area contributed by atoms with Gasteiger partial charge in [0.2, 0.25) is 5.75 Å². The van der Waals surface area contributed by atoms with Gasteiger partial charge in [0.1, 0.15) is 12.1 Å². The molecule has 132 valence electrons. The van der Waals surface area contributed by atoms with Crippen molar-refractivity contribution in [3.63, 3.8) is 0 Å². The molecule has 0 aliphatic heterocycles. The number of nitrogens with one attached hydrogen (secondary N) is 1. The minimum absolute atomic E-state index is 0.545. The highest BCUT2D eigenvalue weighted by Gasteiger charge is 2.17. The molecule has 0 saturated carbocycles. The number of hydrogen-bond acceptors (Lipinski definition) is 7. The van der Waals surface area contributed by atoms with Crippen LogP contribution in [-0.2, 0) is 6.42 Å². The summed E-state index contributed by atoms with van der Waals surface area (Å²) in [5.41, 5.74) is 2.76. The van der Waals surface area contributed by atoms with Gasteiger partial charge < -0.3 is 19.5 Å². The van der Waals surface area contributed by atoms with Crippen LogP contribution in [-0.4, -0.2) is 40.9 Å². The zero-order chi connectivity index (χ0) is 18.0. The largest absolute Gasteiger partial charge is 0.493 e. The summed E-state index contributed by atoms with van der Waals surface area (Å²) in [6, 6.07) is 3.69. The molecule has 2 heterocycles. The zero-order valence-corrected chi connectivity index (χ0v) is 15.0. The molecular weight excluding hydrogens is 322 g/mol. The van der Waals surface area contributed by atoms with Crippen molar-refractivity contribution < 1.29 is 14.2 Å². The molecule has 0 amide bonds. The number of nitrogens with zero attached hydrogens (tertiary/aromatic N) is 4. The summed E-state index contributed by atoms with van der Waals surface area (Å²) < 4.78 is 17.9. The second kappa shape index (κ2) is 6.84. The molecule has 25 heavy (non-hydrogen) atoms. The average molecular weight is 343 g/mol. The van der Waals surface area contributed by atoms with Gasteiger partial charge >= 0.3 is 0 Å². The molecule has 0 aliphatic rings. The predicted molar refractivity (Wildman–Crippen MR) is 94.3 cm³/mol. The third-order valence-corrected chi connectivity index (χ3v) is 4.01. The minimum atomic E-state index is 0.545. The first-order valence-corrected chi connectivity index (χ1v) is 7.89. The summed E-state index contributed by atoms with van der Waals surface area (Å²) in [5, 5.41) is 7.68. The van der Waals surface area contributed by atoms with Crippen LogP contribution in [0.25, 0.3) is 5.78 Å². The summed E-state index contributed by atoms with van der Waals surface area (Å²) in [7, 11) is 4.75. The molecule has 3 rings (SSSR count). The van der Waals surface area contributed by atoms with Gasteiger partial charge in [-0.3, -0.25) is 0 Å². The summed E-state index contributed by atoms with van der Waals surface area (Å²) in [4.78, 5) is 8.67. The van der Waals surface area contributed by atoms with E-state index in [2.05, 4.69) is 27.3 Å². The van der Waals surface area contributed by atoms with E-state index in [0.717, 1.165) is 29.2 Å². The van der Waals surface area contributed by atoms with Crippen LogP contribution in [0.3, 0.4) is 0 Å². The average Bonchev–Trinajstić information content (AvgIpc) is 3.09. The van der Waals surface area contributed by atoms with Gasteiger partial charge in [-0.15, -0.1) is 0 Å². The number of ether oxygens (including phenoxy) is 3. The molecule has 1 N–H and O–H groups in total. The third-order valence-electron chi connectivity index (χ3n) is 4.01. The van der Waals surface area contributed by atoms with Crippen molar-refractivity contribution in [1.82, 2.24) is 19.6 Å². The van der Waals surface area contributed by atoms with E-state index in [1.807, 2.05) is 19.1 Å². The molecule has 0 spiro atoms. The van der Waals surface area contributed by atoms with Gasteiger partial charge in [0.05, 0.1) is 21.3 Å². The second-order valence-corrected chi connectivity index (χ2v) is 5.39. The van der Waals surface area contributed by atoms with Crippen molar-refractivity contribution >= 4 is 17.3 Å². The summed E-state index contributed by atoms with van der Waals surface area (Å²) in [5.74, 6) is 3.05. The van der Waals surface area contributed by atoms with Crippen molar-refractivity contribution in [2.45, 2.75) is 20.3 Å². The Balaban J connectivity index is 2.14. The zero-order valence-electron chi connectivity index (χ0n) is 15.0. The van der Waals surface area contributed by atoms with Crippen LogP contribution in [0.5, 0.6) is 17.2 Å². The van der Waals surface area contributed by atoms with E-state index in [9.17, 15) is 0 Å². The lowest BCUT2D eigenvalue weighted by Gasteiger charge is -2.17. The van der Waals surface area contributed by atoms with Crippen molar-refractivity contribution in [3.05, 3.63) is 29.7 Å². The van der Waals surface area contributed by atoms with E-state index >= 15 is 0 Å². The van der Waals surface area contributed by atoms with Gasteiger partial charge in [0.15, 0.2) is 11.5 Å². The quantitative estimate of drug-likeness (QED) is 0.737. The first-order valence-electron chi connectivity index (χ1n) is 7.89. The van der Waals surface area contributed by atoms with Gasteiger partial charge in [-0.25, -0.2) is 4.98 Å². The maximum Gasteiger partial charge on any atom is 0.254 e. The Morgan fingerprint density at radius 1 is 1.08 bits per heavy atom. The first-order chi connectivity index (χ1) is 12.1. The molecule has 0 bridgehead atoms. The summed E-state index contributed by atoms with van der Waals surface area (Å²) in [6.07, 6.45) is 2.29. The fourth-order valence-electron chi connectivity index (χ4n) is 2.83. The first kappa shape index (κ1) is 16.8. The summed E-state index contributed by atoms with van der Waals surface area (Å²) in [6.45, 7) is 4.04. The Labute approximate surface area is 145 Å². The number of benzene rings is 1. The van der Waals surface area contributed by atoms with E-state index < -0.39 is 0 Å². The van der Waals surface area contributed by atoms with Gasteiger partial charge in [0.25, 0.3) is 5.78 Å². The molecule has 0 radical (unpaired) electrons. The number of anilines is 2. The van der Waals surface area contributed by atoms with Crippen LogP contribution in [0.2, 0.25) is 0 Å². The minimum Gasteiger partial charge on any atom is -0.493 e. The van der Waals surface area contributed by atoms with Crippen molar-refractivity contribution in [2.75, 3.05) is 26.6 Å². The molecule has 8 nitrogen and oxygen atoms in total. The van der Waals surface area contributed by atoms with Gasteiger partial charge in [-0.1, -0.05) is 6.92 Å². The fraction of sp³-hybridized carbons (Fsp3) is 0.353. The normalized spacial score (nSPS) is 10.8. The van der Waals surface area contributed by atoms with Crippen LogP contribution in [0.15, 0.2) is 18.5 Å². The second-order valence-electron chi connectivity index (χ2n) is 5.39. The Kier molecular flexibility index (Phi) is 4.60. The van der Waals surface area contributed by atoms with Crippen molar-refractivity contribution in [1.29, 1.82) is 0 Å². The molecule has 0 aliphatic carbocycles. The molecule has 0 atom stereocenters. The number of aryl methyl sites for hydroxylation is 1. The number of fused-ring (bicyclic) bond motifs is 1. The Hall–Kier alpha value is -3.03. The molecule has 0 unspecified atom stereocenters. The maximum atomic E-state index is 5.42. The molecule has 0 saturated heterocycles. The molecular formula is C17H21N5O3. The molecule has 0 fully saturated rings. The molecule has 8 heteroatoms. The smallest absolute Gasteiger partial charge is 0.254 e. The summed E-state index contributed by atoms with van der Waals surface area (Å²) >= 11 is 0. The van der Waals surface area contributed by atoms with Crippen molar-refractivity contribution in [3.8, 4) is 17.2 Å². The maximum absolute atomic E-state index is 5.42. The topological polar surface area (TPSA) is 82.8 Å². The molecule has 1 aromatic carbocycles. The van der Waals surface area contributed by atoms with E-state index in [-0.39, 0.29) is 0 Å². The number of hydrogen-bond donors (Lipinski definition) is 1. The number of aromatic nitrogens is 4. The van der Waals surface area contributed by atoms with E-state index in [4.69, 9.17) is 14.2 Å². The van der Waals surface area contributed by atoms with E-state index in [1.165, 1.54) is 6.33 Å². The molecule has 3 aromatic rings. The Morgan fingerprint density at radius 2 is 1.76 bits per heavy atom. The van der Waals surface area contributed by atoms with Crippen LogP contribution >= 0.6 is 0 Å². The van der Waals surface area contributed by atoms with Crippen LogP contribution in [0.1, 0.15) is 18.2 Å². The van der Waals surface area contributed by atoms with E-state index in [0.29, 0.717) is 23.0 Å². The highest BCUT2D eigenvalue weighted by molar-refractivity contribution is 5.69. The van der Waals surface area contributed by atoms with Crippen LogP contribution in [0.4, 0.5) is 11.5 Å². The van der Waals surface area contributed by atoms with Crippen LogP contribution < -0.4 is 19.5 Å². The highest BCUT2D eigenvalue weighted by atomic mass is 16.5. The monoisotopic (exact) mass is 343 g/mol. The van der Waals surface area contributed by atoms with Gasteiger partial charge in [0, 0.05) is 29.1 Å².